The van der Waals surface area contributed by atoms with Crippen molar-refractivity contribution in [3.63, 3.8) is 0 Å². The van der Waals surface area contributed by atoms with Crippen molar-refractivity contribution >= 4 is 11.8 Å². The Balaban J connectivity index is 1.59. The van der Waals surface area contributed by atoms with Crippen LogP contribution < -0.4 is 10.6 Å². The molecule has 2 amide bonds. The third-order valence-electron chi connectivity index (χ3n) is 4.71. The second-order valence-electron chi connectivity index (χ2n) is 7.37. The molecule has 0 atom stereocenters. The predicted molar refractivity (Wildman–Crippen MR) is 108 cm³/mol. The number of hydrogen-bond donors (Lipinski definition) is 2. The molecule has 1 aliphatic rings. The van der Waals surface area contributed by atoms with Gasteiger partial charge in [-0.1, -0.05) is 25.5 Å². The van der Waals surface area contributed by atoms with Crippen LogP contribution in [0.25, 0.3) is 0 Å². The van der Waals surface area contributed by atoms with Gasteiger partial charge < -0.3 is 15.1 Å². The summed E-state index contributed by atoms with van der Waals surface area (Å²) in [7, 11) is 0. The lowest BCUT2D eigenvalue weighted by molar-refractivity contribution is -0.122. The summed E-state index contributed by atoms with van der Waals surface area (Å²) in [6, 6.07) is 11.7. The average molecular weight is 383 g/mol. The number of benzene rings is 1. The second kappa shape index (κ2) is 10.1. The van der Waals surface area contributed by atoms with Crippen LogP contribution in [-0.4, -0.2) is 35.8 Å². The van der Waals surface area contributed by atoms with Crippen molar-refractivity contribution < 1.29 is 14.0 Å². The smallest absolute Gasteiger partial charge is 0.251 e. The Morgan fingerprint density at radius 3 is 2.57 bits per heavy atom. The third-order valence-corrected chi connectivity index (χ3v) is 4.71. The molecule has 0 saturated heterocycles. The number of nitrogens with zero attached hydrogens (tertiary/aromatic N) is 1. The van der Waals surface area contributed by atoms with Crippen LogP contribution in [0.3, 0.4) is 0 Å². The number of furan rings is 1. The highest BCUT2D eigenvalue weighted by atomic mass is 16.3. The SMILES string of the molecule is CCCCNC(=O)CN(Cc1ccc(C(=O)NC2CC2)cc1)Cc1ccco1. The van der Waals surface area contributed by atoms with E-state index in [1.807, 2.05) is 41.3 Å². The van der Waals surface area contributed by atoms with Crippen LogP contribution in [-0.2, 0) is 17.9 Å². The Labute approximate surface area is 166 Å². The van der Waals surface area contributed by atoms with Crippen LogP contribution in [0.1, 0.15) is 54.3 Å². The molecule has 1 aromatic carbocycles. The normalized spacial score (nSPS) is 13.5. The quantitative estimate of drug-likeness (QED) is 0.585. The molecule has 1 heterocycles. The van der Waals surface area contributed by atoms with Gasteiger partial charge in [0, 0.05) is 24.7 Å². The fourth-order valence-corrected chi connectivity index (χ4v) is 2.97. The fraction of sp³-hybridized carbons (Fsp3) is 0.455. The summed E-state index contributed by atoms with van der Waals surface area (Å²) in [4.78, 5) is 26.4. The first-order chi connectivity index (χ1) is 13.6. The number of carbonyl (C=O) groups excluding carboxylic acids is 2. The molecular formula is C22H29N3O3. The lowest BCUT2D eigenvalue weighted by atomic mass is 10.1. The van der Waals surface area contributed by atoms with Gasteiger partial charge in [-0.05, 0) is 49.1 Å². The van der Waals surface area contributed by atoms with E-state index in [2.05, 4.69) is 17.6 Å². The summed E-state index contributed by atoms with van der Waals surface area (Å²) in [5.41, 5.74) is 1.72. The summed E-state index contributed by atoms with van der Waals surface area (Å²) in [5, 5.41) is 5.96. The van der Waals surface area contributed by atoms with Crippen LogP contribution in [0.4, 0.5) is 0 Å². The van der Waals surface area contributed by atoms with E-state index in [1.54, 1.807) is 6.26 Å². The zero-order valence-electron chi connectivity index (χ0n) is 16.4. The molecule has 0 bridgehead atoms. The second-order valence-corrected chi connectivity index (χ2v) is 7.37. The summed E-state index contributed by atoms with van der Waals surface area (Å²) >= 11 is 0. The van der Waals surface area contributed by atoms with E-state index in [1.165, 1.54) is 0 Å². The van der Waals surface area contributed by atoms with Crippen LogP contribution in [0.5, 0.6) is 0 Å². The van der Waals surface area contributed by atoms with Crippen LogP contribution in [0.2, 0.25) is 0 Å². The molecule has 2 aromatic rings. The summed E-state index contributed by atoms with van der Waals surface area (Å²) < 4.78 is 5.45. The van der Waals surface area contributed by atoms with Crippen molar-refractivity contribution in [1.29, 1.82) is 0 Å². The fourth-order valence-electron chi connectivity index (χ4n) is 2.97. The number of amides is 2. The highest BCUT2D eigenvalue weighted by molar-refractivity contribution is 5.94. The Hall–Kier alpha value is -2.60. The molecule has 6 nitrogen and oxygen atoms in total. The molecule has 2 N–H and O–H groups in total. The highest BCUT2D eigenvalue weighted by Crippen LogP contribution is 2.19. The van der Waals surface area contributed by atoms with Crippen LogP contribution in [0.15, 0.2) is 47.1 Å². The third kappa shape index (κ3) is 6.53. The molecule has 0 radical (unpaired) electrons. The van der Waals surface area contributed by atoms with E-state index in [4.69, 9.17) is 4.42 Å². The number of unbranched alkanes of at least 4 members (excludes halogenated alkanes) is 1. The van der Waals surface area contributed by atoms with Crippen molar-refractivity contribution in [1.82, 2.24) is 15.5 Å². The van der Waals surface area contributed by atoms with Crippen molar-refractivity contribution in [2.24, 2.45) is 0 Å². The van der Waals surface area contributed by atoms with E-state index in [-0.39, 0.29) is 11.8 Å². The topological polar surface area (TPSA) is 74.6 Å². The van der Waals surface area contributed by atoms with E-state index in [0.717, 1.165) is 37.0 Å². The molecule has 0 aliphatic heterocycles. The average Bonchev–Trinajstić information content (AvgIpc) is 3.34. The number of hydrogen-bond acceptors (Lipinski definition) is 4. The first kappa shape index (κ1) is 20.1. The Kier molecular flexibility index (Phi) is 7.25. The molecule has 6 heteroatoms. The maximum Gasteiger partial charge on any atom is 0.251 e. The first-order valence-corrected chi connectivity index (χ1v) is 10.0. The van der Waals surface area contributed by atoms with Gasteiger partial charge >= 0.3 is 0 Å². The van der Waals surface area contributed by atoms with Gasteiger partial charge in [-0.3, -0.25) is 14.5 Å². The van der Waals surface area contributed by atoms with Crippen molar-refractivity contribution in [3.8, 4) is 0 Å². The molecule has 3 rings (SSSR count). The van der Waals surface area contributed by atoms with Crippen LogP contribution in [0, 0.1) is 0 Å². The minimum absolute atomic E-state index is 0.0143. The van der Waals surface area contributed by atoms with Gasteiger partial charge in [0.2, 0.25) is 5.91 Å². The van der Waals surface area contributed by atoms with Gasteiger partial charge in [-0.25, -0.2) is 0 Å². The molecule has 1 aromatic heterocycles. The highest BCUT2D eigenvalue weighted by Gasteiger charge is 2.23. The molecule has 1 aliphatic carbocycles. The van der Waals surface area contributed by atoms with Crippen molar-refractivity contribution in [2.45, 2.75) is 51.7 Å². The maximum atomic E-state index is 12.3. The van der Waals surface area contributed by atoms with Crippen molar-refractivity contribution in [2.75, 3.05) is 13.1 Å². The number of rotatable bonds is 11. The van der Waals surface area contributed by atoms with E-state index < -0.39 is 0 Å². The Morgan fingerprint density at radius 2 is 1.93 bits per heavy atom. The summed E-state index contributed by atoms with van der Waals surface area (Å²) in [6.45, 7) is 4.26. The maximum absolute atomic E-state index is 12.3. The molecular weight excluding hydrogens is 354 g/mol. The largest absolute Gasteiger partial charge is 0.468 e. The Morgan fingerprint density at radius 1 is 1.14 bits per heavy atom. The van der Waals surface area contributed by atoms with Gasteiger partial charge in [-0.2, -0.15) is 0 Å². The van der Waals surface area contributed by atoms with Gasteiger partial charge in [0.05, 0.1) is 19.4 Å². The molecule has 1 saturated carbocycles. The molecule has 150 valence electrons. The molecule has 0 spiro atoms. The van der Waals surface area contributed by atoms with Gasteiger partial charge in [0.1, 0.15) is 5.76 Å². The van der Waals surface area contributed by atoms with Crippen molar-refractivity contribution in [3.05, 3.63) is 59.5 Å². The zero-order chi connectivity index (χ0) is 19.8. The number of nitrogens with one attached hydrogen (secondary N) is 2. The summed E-state index contributed by atoms with van der Waals surface area (Å²) in [5.74, 6) is 0.819. The van der Waals surface area contributed by atoms with Gasteiger partial charge in [-0.15, -0.1) is 0 Å². The zero-order valence-corrected chi connectivity index (χ0v) is 16.4. The Bertz CT molecular complexity index is 752. The van der Waals surface area contributed by atoms with E-state index in [0.29, 0.717) is 37.8 Å². The lowest BCUT2D eigenvalue weighted by Crippen LogP contribution is -2.37. The molecule has 0 unspecified atom stereocenters. The van der Waals surface area contributed by atoms with Gasteiger partial charge in [0.15, 0.2) is 0 Å². The lowest BCUT2D eigenvalue weighted by Gasteiger charge is -2.21. The predicted octanol–water partition coefficient (Wildman–Crippen LogP) is 3.09. The standard InChI is InChI=1S/C22H29N3O3/c1-2-3-12-23-21(26)16-25(15-20-5-4-13-28-20)14-17-6-8-18(9-7-17)22(27)24-19-10-11-19/h4-9,13,19H,2-3,10-12,14-16H2,1H3,(H,23,26)(H,24,27). The summed E-state index contributed by atoms with van der Waals surface area (Å²) in [6.07, 6.45) is 5.82. The monoisotopic (exact) mass is 383 g/mol. The van der Waals surface area contributed by atoms with E-state index >= 15 is 0 Å². The minimum atomic E-state index is -0.0169. The minimum Gasteiger partial charge on any atom is -0.468 e. The number of carbonyl (C=O) groups is 2. The van der Waals surface area contributed by atoms with Crippen LogP contribution >= 0.6 is 0 Å². The van der Waals surface area contributed by atoms with Gasteiger partial charge in [0.25, 0.3) is 5.91 Å². The van der Waals surface area contributed by atoms with E-state index in [9.17, 15) is 9.59 Å². The molecule has 28 heavy (non-hydrogen) atoms. The molecule has 1 fully saturated rings. The first-order valence-electron chi connectivity index (χ1n) is 10.0.